The average molecular weight is 488 g/mol. The number of carbonyl (C=O) groups excluding carboxylic acids is 2. The number of thiazole rings is 1. The van der Waals surface area contributed by atoms with Crippen LogP contribution in [0, 0.1) is 5.82 Å². The lowest BCUT2D eigenvalue weighted by molar-refractivity contribution is -0.122. The Morgan fingerprint density at radius 2 is 1.79 bits per heavy atom. The van der Waals surface area contributed by atoms with Crippen LogP contribution in [-0.4, -0.2) is 59.3 Å². The fourth-order valence-electron chi connectivity index (χ4n) is 3.45. The summed E-state index contributed by atoms with van der Waals surface area (Å²) < 4.78 is 13.7. The minimum Gasteiger partial charge on any atom is -0.351 e. The van der Waals surface area contributed by atoms with Gasteiger partial charge in [0.15, 0.2) is 5.13 Å². The molecule has 0 spiro atoms. The summed E-state index contributed by atoms with van der Waals surface area (Å²) in [5.41, 5.74) is 1.69. The molecule has 1 saturated heterocycles. The molecule has 1 aliphatic rings. The molecule has 1 aliphatic heterocycles. The van der Waals surface area contributed by atoms with Gasteiger partial charge in [0, 0.05) is 54.4 Å². The molecule has 0 atom stereocenters. The predicted octanol–water partition coefficient (Wildman–Crippen LogP) is 3.75. The van der Waals surface area contributed by atoms with Crippen LogP contribution in [0.2, 0.25) is 5.02 Å². The van der Waals surface area contributed by atoms with Crippen molar-refractivity contribution in [1.29, 1.82) is 0 Å². The molecular weight excluding hydrogens is 465 g/mol. The summed E-state index contributed by atoms with van der Waals surface area (Å²) in [6.45, 7) is 2.55. The monoisotopic (exact) mass is 487 g/mol. The van der Waals surface area contributed by atoms with E-state index in [0.717, 1.165) is 5.69 Å². The Morgan fingerprint density at radius 1 is 1.06 bits per heavy atom. The third kappa shape index (κ3) is 6.28. The van der Waals surface area contributed by atoms with Gasteiger partial charge in [0.2, 0.25) is 5.91 Å². The summed E-state index contributed by atoms with van der Waals surface area (Å²) in [7, 11) is 0. The summed E-state index contributed by atoms with van der Waals surface area (Å²) in [4.78, 5) is 33.2. The van der Waals surface area contributed by atoms with Crippen LogP contribution in [0.1, 0.15) is 16.1 Å². The van der Waals surface area contributed by atoms with Crippen molar-refractivity contribution >= 4 is 45.6 Å². The summed E-state index contributed by atoms with van der Waals surface area (Å²) in [5.74, 6) is -0.631. The molecule has 3 aromatic rings. The highest BCUT2D eigenvalue weighted by Crippen LogP contribution is 2.23. The van der Waals surface area contributed by atoms with Gasteiger partial charge in [0.1, 0.15) is 11.5 Å². The van der Waals surface area contributed by atoms with Gasteiger partial charge in [-0.05, 0) is 30.3 Å². The van der Waals surface area contributed by atoms with E-state index in [2.05, 4.69) is 15.6 Å². The van der Waals surface area contributed by atoms with Gasteiger partial charge < -0.3 is 15.5 Å². The number of nitrogens with one attached hydrogen (secondary N) is 2. The van der Waals surface area contributed by atoms with Gasteiger partial charge in [0.05, 0.1) is 6.54 Å². The highest BCUT2D eigenvalue weighted by atomic mass is 35.5. The Hall–Kier alpha value is -3.01. The molecule has 172 valence electrons. The lowest BCUT2D eigenvalue weighted by Gasteiger charge is -2.33. The number of anilines is 2. The zero-order valence-electron chi connectivity index (χ0n) is 17.8. The third-order valence-electron chi connectivity index (χ3n) is 5.28. The van der Waals surface area contributed by atoms with Gasteiger partial charge in [-0.3, -0.25) is 14.5 Å². The number of amides is 2. The molecular formula is C23H23ClFN5O2S. The number of nitrogens with zero attached hydrogens (tertiary/aromatic N) is 3. The van der Waals surface area contributed by atoms with Gasteiger partial charge in [-0.2, -0.15) is 0 Å². The molecule has 7 nitrogen and oxygen atoms in total. The Labute approximate surface area is 200 Å². The molecule has 2 amide bonds. The van der Waals surface area contributed by atoms with E-state index in [9.17, 15) is 14.0 Å². The van der Waals surface area contributed by atoms with Crippen LogP contribution in [0.5, 0.6) is 0 Å². The fourth-order valence-corrected chi connectivity index (χ4v) is 4.28. The first-order valence-electron chi connectivity index (χ1n) is 10.5. The molecule has 1 aromatic heterocycles. The molecule has 10 heteroatoms. The SMILES string of the molecule is O=C(CN1CCN(C(=O)c2csc(Nc3ccc(Cl)cc3)n2)CC1)NCc1ccccc1F. The molecule has 2 N–H and O–H groups in total. The van der Waals surface area contributed by atoms with Gasteiger partial charge in [-0.15, -0.1) is 11.3 Å². The molecule has 0 unspecified atom stereocenters. The fraction of sp³-hybridized carbons (Fsp3) is 0.261. The van der Waals surface area contributed by atoms with Crippen molar-refractivity contribution < 1.29 is 14.0 Å². The quantitative estimate of drug-likeness (QED) is 0.530. The number of carbonyl (C=O) groups is 2. The van der Waals surface area contributed by atoms with E-state index >= 15 is 0 Å². The maximum Gasteiger partial charge on any atom is 0.273 e. The highest BCUT2D eigenvalue weighted by Gasteiger charge is 2.25. The van der Waals surface area contributed by atoms with Gasteiger partial charge in [0.25, 0.3) is 5.91 Å². The summed E-state index contributed by atoms with van der Waals surface area (Å²) in [5, 5.41) is 8.94. The Balaban J connectivity index is 1.23. The summed E-state index contributed by atoms with van der Waals surface area (Å²) in [6, 6.07) is 13.6. The number of benzene rings is 2. The highest BCUT2D eigenvalue weighted by molar-refractivity contribution is 7.14. The second kappa shape index (κ2) is 10.7. The van der Waals surface area contributed by atoms with E-state index in [0.29, 0.717) is 47.6 Å². The molecule has 0 aliphatic carbocycles. The zero-order chi connectivity index (χ0) is 23.2. The number of piperazine rings is 1. The minimum absolute atomic E-state index is 0.126. The molecule has 2 heterocycles. The van der Waals surface area contributed by atoms with Crippen LogP contribution >= 0.6 is 22.9 Å². The molecule has 2 aromatic carbocycles. The second-order valence-corrected chi connectivity index (χ2v) is 8.90. The van der Waals surface area contributed by atoms with Crippen LogP contribution in [0.25, 0.3) is 0 Å². The van der Waals surface area contributed by atoms with E-state index in [1.807, 2.05) is 17.0 Å². The van der Waals surface area contributed by atoms with E-state index in [4.69, 9.17) is 11.6 Å². The van der Waals surface area contributed by atoms with Crippen LogP contribution in [0.15, 0.2) is 53.9 Å². The maximum absolute atomic E-state index is 13.7. The van der Waals surface area contributed by atoms with Crippen molar-refractivity contribution in [3.63, 3.8) is 0 Å². The van der Waals surface area contributed by atoms with Crippen LogP contribution in [0.4, 0.5) is 15.2 Å². The van der Waals surface area contributed by atoms with Crippen molar-refractivity contribution in [2.75, 3.05) is 38.0 Å². The van der Waals surface area contributed by atoms with Crippen molar-refractivity contribution in [3.8, 4) is 0 Å². The van der Waals surface area contributed by atoms with Crippen LogP contribution in [0.3, 0.4) is 0 Å². The van der Waals surface area contributed by atoms with Crippen molar-refractivity contribution in [2.45, 2.75) is 6.54 Å². The van der Waals surface area contributed by atoms with Crippen molar-refractivity contribution in [3.05, 3.63) is 76.0 Å². The molecule has 0 radical (unpaired) electrons. The first-order valence-corrected chi connectivity index (χ1v) is 11.7. The number of aromatic nitrogens is 1. The first-order chi connectivity index (χ1) is 16.0. The molecule has 4 rings (SSSR count). The lowest BCUT2D eigenvalue weighted by atomic mass is 10.2. The van der Waals surface area contributed by atoms with Crippen LogP contribution in [-0.2, 0) is 11.3 Å². The number of hydrogen-bond acceptors (Lipinski definition) is 6. The van der Waals surface area contributed by atoms with Gasteiger partial charge in [-0.25, -0.2) is 9.37 Å². The first kappa shape index (κ1) is 23.2. The van der Waals surface area contributed by atoms with Crippen LogP contribution < -0.4 is 10.6 Å². The van der Waals surface area contributed by atoms with Gasteiger partial charge in [-0.1, -0.05) is 29.8 Å². The average Bonchev–Trinajstić information content (AvgIpc) is 3.28. The van der Waals surface area contributed by atoms with E-state index < -0.39 is 0 Å². The van der Waals surface area contributed by atoms with Gasteiger partial charge >= 0.3 is 0 Å². The lowest BCUT2D eigenvalue weighted by Crippen LogP contribution is -2.51. The van der Waals surface area contributed by atoms with E-state index in [-0.39, 0.29) is 30.7 Å². The Bertz CT molecular complexity index is 1120. The van der Waals surface area contributed by atoms with E-state index in [1.54, 1.807) is 40.6 Å². The standard InChI is InChI=1S/C23H23ClFN5O2S/c24-17-5-7-18(8-6-17)27-23-28-20(15-33-23)22(32)30-11-9-29(10-12-30)14-21(31)26-13-16-3-1-2-4-19(16)25/h1-8,15H,9-14H2,(H,26,31)(H,27,28). The van der Waals surface area contributed by atoms with E-state index in [1.165, 1.54) is 17.4 Å². The Morgan fingerprint density at radius 3 is 2.52 bits per heavy atom. The number of hydrogen-bond donors (Lipinski definition) is 2. The summed E-state index contributed by atoms with van der Waals surface area (Å²) >= 11 is 7.26. The molecule has 1 fully saturated rings. The number of halogens is 2. The second-order valence-electron chi connectivity index (χ2n) is 7.61. The normalized spacial score (nSPS) is 14.2. The van der Waals surface area contributed by atoms with Crippen molar-refractivity contribution in [2.24, 2.45) is 0 Å². The zero-order valence-corrected chi connectivity index (χ0v) is 19.3. The Kier molecular flexibility index (Phi) is 7.54. The number of rotatable bonds is 7. The van der Waals surface area contributed by atoms with Crippen molar-refractivity contribution in [1.82, 2.24) is 20.1 Å². The third-order valence-corrected chi connectivity index (χ3v) is 6.29. The topological polar surface area (TPSA) is 77.6 Å². The predicted molar refractivity (Wildman–Crippen MR) is 127 cm³/mol. The summed E-state index contributed by atoms with van der Waals surface area (Å²) in [6.07, 6.45) is 0. The smallest absolute Gasteiger partial charge is 0.273 e. The molecule has 0 bridgehead atoms. The minimum atomic E-state index is -0.335. The molecule has 0 saturated carbocycles. The molecule has 33 heavy (non-hydrogen) atoms. The maximum atomic E-state index is 13.7. The largest absolute Gasteiger partial charge is 0.351 e.